The van der Waals surface area contributed by atoms with Gasteiger partial charge < -0.3 is 15.1 Å². The summed E-state index contributed by atoms with van der Waals surface area (Å²) in [6, 6.07) is 12.4. The molecule has 1 aliphatic carbocycles. The number of carbonyl (C=O) groups excluding carboxylic acids is 2. The van der Waals surface area contributed by atoms with Gasteiger partial charge in [0.25, 0.3) is 0 Å². The van der Waals surface area contributed by atoms with E-state index in [-0.39, 0.29) is 29.5 Å². The van der Waals surface area contributed by atoms with Gasteiger partial charge in [0.2, 0.25) is 11.8 Å². The van der Waals surface area contributed by atoms with Gasteiger partial charge in [-0.2, -0.15) is 0 Å². The molecule has 2 amide bonds. The van der Waals surface area contributed by atoms with Crippen LogP contribution in [0.25, 0.3) is 0 Å². The van der Waals surface area contributed by atoms with E-state index < -0.39 is 0 Å². The summed E-state index contributed by atoms with van der Waals surface area (Å²) in [5.41, 5.74) is 3.90. The number of halogens is 1. The quantitative estimate of drug-likeness (QED) is 0.864. The molecule has 152 valence electrons. The molecule has 1 aliphatic heterocycles. The molecule has 2 fully saturated rings. The lowest BCUT2D eigenvalue weighted by Crippen LogP contribution is -2.49. The fourth-order valence-electron chi connectivity index (χ4n) is 3.93. The zero-order valence-electron chi connectivity index (χ0n) is 16.8. The van der Waals surface area contributed by atoms with E-state index >= 15 is 0 Å². The largest absolute Gasteiger partial charge is 0.368 e. The van der Waals surface area contributed by atoms with E-state index in [9.17, 15) is 14.0 Å². The predicted octanol–water partition coefficient (Wildman–Crippen LogP) is 3.37. The smallest absolute Gasteiger partial charge is 0.228 e. The molecule has 0 bridgehead atoms. The van der Waals surface area contributed by atoms with Crippen LogP contribution in [0.2, 0.25) is 0 Å². The van der Waals surface area contributed by atoms with Gasteiger partial charge in [-0.1, -0.05) is 12.1 Å². The third kappa shape index (κ3) is 4.26. The van der Waals surface area contributed by atoms with Crippen molar-refractivity contribution in [3.63, 3.8) is 0 Å². The third-order valence-corrected chi connectivity index (χ3v) is 5.88. The average Bonchev–Trinajstić information content (AvgIpc) is 3.52. The number of aryl methyl sites for hydroxylation is 2. The summed E-state index contributed by atoms with van der Waals surface area (Å²) in [7, 11) is 0. The maximum atomic E-state index is 13.1. The molecule has 1 saturated carbocycles. The van der Waals surface area contributed by atoms with Crippen LogP contribution in [0.1, 0.15) is 17.5 Å². The molecule has 5 nitrogen and oxygen atoms in total. The van der Waals surface area contributed by atoms with Crippen LogP contribution < -0.4 is 10.2 Å². The second-order valence-electron chi connectivity index (χ2n) is 8.05. The Balaban J connectivity index is 1.29. The summed E-state index contributed by atoms with van der Waals surface area (Å²) in [5.74, 6) is -0.691. The zero-order chi connectivity index (χ0) is 20.5. The highest BCUT2D eigenvalue weighted by Crippen LogP contribution is 2.41. The van der Waals surface area contributed by atoms with Gasteiger partial charge >= 0.3 is 0 Å². The van der Waals surface area contributed by atoms with Crippen LogP contribution in [-0.2, 0) is 9.59 Å². The van der Waals surface area contributed by atoms with Crippen LogP contribution in [0, 0.1) is 31.5 Å². The molecular formula is C23H26FN3O2. The Morgan fingerprint density at radius 2 is 1.66 bits per heavy atom. The molecule has 29 heavy (non-hydrogen) atoms. The number of amides is 2. The number of nitrogens with one attached hydrogen (secondary N) is 1. The summed E-state index contributed by atoms with van der Waals surface area (Å²) in [6.07, 6.45) is 0.619. The van der Waals surface area contributed by atoms with Crippen molar-refractivity contribution in [2.75, 3.05) is 36.4 Å². The molecular weight excluding hydrogens is 369 g/mol. The predicted molar refractivity (Wildman–Crippen MR) is 111 cm³/mol. The second kappa shape index (κ2) is 7.85. The lowest BCUT2D eigenvalue weighted by molar-refractivity contribution is -0.134. The first-order valence-electron chi connectivity index (χ1n) is 10.1. The maximum absolute atomic E-state index is 13.1. The number of rotatable bonds is 4. The first kappa shape index (κ1) is 19.4. The van der Waals surface area contributed by atoms with Crippen molar-refractivity contribution in [3.8, 4) is 0 Å². The average molecular weight is 395 g/mol. The van der Waals surface area contributed by atoms with Crippen LogP contribution in [0.5, 0.6) is 0 Å². The zero-order valence-corrected chi connectivity index (χ0v) is 16.8. The van der Waals surface area contributed by atoms with Crippen molar-refractivity contribution < 1.29 is 14.0 Å². The minimum atomic E-state index is -0.249. The summed E-state index contributed by atoms with van der Waals surface area (Å²) >= 11 is 0. The standard InChI is InChI=1S/C23H26FN3O2/c1-15-3-4-16(2)21(13-15)25-22(28)19-14-20(19)23(29)27-11-9-26(10-12-27)18-7-5-17(24)6-8-18/h3-8,13,19-20H,9-12,14H2,1-2H3,(H,25,28). The molecule has 1 saturated heterocycles. The molecule has 6 heteroatoms. The van der Waals surface area contributed by atoms with Crippen molar-refractivity contribution in [3.05, 3.63) is 59.4 Å². The highest BCUT2D eigenvalue weighted by Gasteiger charge is 2.49. The normalized spacial score (nSPS) is 21.1. The monoisotopic (exact) mass is 395 g/mol. The lowest BCUT2D eigenvalue weighted by atomic mass is 10.1. The summed E-state index contributed by atoms with van der Waals surface area (Å²) in [5, 5.41) is 2.99. The molecule has 2 atom stereocenters. The molecule has 1 heterocycles. The number of piperazine rings is 1. The molecule has 2 aromatic carbocycles. The third-order valence-electron chi connectivity index (χ3n) is 5.88. The van der Waals surface area contributed by atoms with E-state index in [1.54, 1.807) is 12.1 Å². The SMILES string of the molecule is Cc1ccc(C)c(NC(=O)C2CC2C(=O)N2CCN(c3ccc(F)cc3)CC2)c1. The van der Waals surface area contributed by atoms with E-state index in [0.29, 0.717) is 32.6 Å². The van der Waals surface area contributed by atoms with Crippen LogP contribution in [0.15, 0.2) is 42.5 Å². The van der Waals surface area contributed by atoms with E-state index in [1.165, 1.54) is 12.1 Å². The highest BCUT2D eigenvalue weighted by atomic mass is 19.1. The number of benzene rings is 2. The molecule has 1 N–H and O–H groups in total. The molecule has 4 rings (SSSR count). The van der Waals surface area contributed by atoms with Crippen molar-refractivity contribution in [2.24, 2.45) is 11.8 Å². The fraction of sp³-hybridized carbons (Fsp3) is 0.391. The van der Waals surface area contributed by atoms with Gasteiger partial charge in [-0.3, -0.25) is 9.59 Å². The van der Waals surface area contributed by atoms with Crippen LogP contribution in [0.4, 0.5) is 15.8 Å². The first-order valence-corrected chi connectivity index (χ1v) is 10.1. The van der Waals surface area contributed by atoms with Gasteiger partial charge in [-0.25, -0.2) is 4.39 Å². The van der Waals surface area contributed by atoms with Gasteiger partial charge in [0.1, 0.15) is 5.82 Å². The highest BCUT2D eigenvalue weighted by molar-refractivity contribution is 6.00. The van der Waals surface area contributed by atoms with Crippen molar-refractivity contribution in [2.45, 2.75) is 20.3 Å². The van der Waals surface area contributed by atoms with Crippen molar-refractivity contribution in [1.29, 1.82) is 0 Å². The van der Waals surface area contributed by atoms with Gasteiger partial charge in [0, 0.05) is 37.6 Å². The van der Waals surface area contributed by atoms with Gasteiger partial charge in [-0.05, 0) is 61.7 Å². The van der Waals surface area contributed by atoms with Gasteiger partial charge in [0.05, 0.1) is 11.8 Å². The molecule has 0 radical (unpaired) electrons. The molecule has 2 aromatic rings. The van der Waals surface area contributed by atoms with Gasteiger partial charge in [-0.15, -0.1) is 0 Å². The molecule has 2 unspecified atom stereocenters. The van der Waals surface area contributed by atoms with Crippen LogP contribution in [0.3, 0.4) is 0 Å². The fourth-order valence-corrected chi connectivity index (χ4v) is 3.93. The first-order chi connectivity index (χ1) is 13.9. The Morgan fingerprint density at radius 1 is 0.966 bits per heavy atom. The second-order valence-corrected chi connectivity index (χ2v) is 8.05. The number of carbonyl (C=O) groups is 2. The van der Waals surface area contributed by atoms with E-state index in [2.05, 4.69) is 10.2 Å². The van der Waals surface area contributed by atoms with E-state index in [4.69, 9.17) is 0 Å². The Labute approximate surface area is 170 Å². The number of hydrogen-bond donors (Lipinski definition) is 1. The van der Waals surface area contributed by atoms with Crippen LogP contribution >= 0.6 is 0 Å². The topological polar surface area (TPSA) is 52.7 Å². The summed E-state index contributed by atoms with van der Waals surface area (Å²) in [6.45, 7) is 6.62. The Bertz CT molecular complexity index is 920. The van der Waals surface area contributed by atoms with Crippen LogP contribution in [-0.4, -0.2) is 42.9 Å². The Hall–Kier alpha value is -2.89. The molecule has 0 aromatic heterocycles. The van der Waals surface area contributed by atoms with Gasteiger partial charge in [0.15, 0.2) is 0 Å². The minimum absolute atomic E-state index is 0.0676. The van der Waals surface area contributed by atoms with Crippen molar-refractivity contribution in [1.82, 2.24) is 4.90 Å². The van der Waals surface area contributed by atoms with E-state index in [0.717, 1.165) is 22.5 Å². The van der Waals surface area contributed by atoms with E-state index in [1.807, 2.05) is 36.9 Å². The summed E-state index contributed by atoms with van der Waals surface area (Å²) in [4.78, 5) is 29.4. The summed E-state index contributed by atoms with van der Waals surface area (Å²) < 4.78 is 13.1. The Morgan fingerprint density at radius 3 is 2.34 bits per heavy atom. The minimum Gasteiger partial charge on any atom is -0.368 e. The number of nitrogens with zero attached hydrogens (tertiary/aromatic N) is 2. The lowest BCUT2D eigenvalue weighted by Gasteiger charge is -2.36. The Kier molecular flexibility index (Phi) is 5.26. The number of hydrogen-bond acceptors (Lipinski definition) is 3. The molecule has 2 aliphatic rings. The number of anilines is 2. The van der Waals surface area contributed by atoms with Crippen molar-refractivity contribution >= 4 is 23.2 Å². The molecule has 0 spiro atoms. The maximum Gasteiger partial charge on any atom is 0.228 e.